The van der Waals surface area contributed by atoms with Gasteiger partial charge in [-0.2, -0.15) is 5.06 Å². The standard InChI is InChI=1S/C29H39N3O4/c1-17-23-12-22(29(23,3)4)13-24(17)31-28(35)27-26(18(2)34)25(16-33)36-32(27)15-19-7-5-8-20(11-19)21-9-6-10-30-14-21/h5-11,14,17-18,22-27,33-34H,12-13,15-16H2,1-4H3,(H,31,35)/t17?,18-,22+,23-,24-,25?,26+,27-/m0/s1. The molecule has 3 saturated carbocycles. The molecule has 36 heavy (non-hydrogen) atoms. The van der Waals surface area contributed by atoms with Crippen LogP contribution in [0.1, 0.15) is 46.1 Å². The minimum absolute atomic E-state index is 0.118. The monoisotopic (exact) mass is 493 g/mol. The molecule has 8 atom stereocenters. The molecule has 4 aliphatic rings. The molecule has 1 aromatic carbocycles. The highest BCUT2D eigenvalue weighted by molar-refractivity contribution is 5.83. The molecule has 6 rings (SSSR count). The van der Waals surface area contributed by atoms with E-state index in [0.717, 1.165) is 23.1 Å². The third-order valence-electron chi connectivity index (χ3n) is 9.32. The molecule has 0 spiro atoms. The molecule has 2 bridgehead atoms. The average Bonchev–Trinajstić information content (AvgIpc) is 3.24. The van der Waals surface area contributed by atoms with Crippen molar-refractivity contribution < 1.29 is 19.8 Å². The number of nitrogens with zero attached hydrogens (tertiary/aromatic N) is 2. The number of carbonyl (C=O) groups is 1. The Morgan fingerprint density at radius 3 is 2.67 bits per heavy atom. The maximum atomic E-state index is 13.8. The number of carbonyl (C=O) groups excluding carboxylic acids is 1. The molecule has 1 aromatic heterocycles. The molecular formula is C29H39N3O4. The molecule has 3 N–H and O–H groups in total. The summed E-state index contributed by atoms with van der Waals surface area (Å²) in [6.07, 6.45) is 4.36. The van der Waals surface area contributed by atoms with Crippen molar-refractivity contribution in [3.05, 3.63) is 54.4 Å². The molecule has 2 unspecified atom stereocenters. The van der Waals surface area contributed by atoms with Gasteiger partial charge in [-0.25, -0.2) is 0 Å². The zero-order valence-corrected chi connectivity index (χ0v) is 21.7. The number of pyridine rings is 1. The molecule has 0 radical (unpaired) electrons. The first kappa shape index (κ1) is 25.3. The maximum absolute atomic E-state index is 13.8. The van der Waals surface area contributed by atoms with Gasteiger partial charge in [-0.05, 0) is 71.8 Å². The lowest BCUT2D eigenvalue weighted by Gasteiger charge is -2.62. The smallest absolute Gasteiger partial charge is 0.240 e. The Morgan fingerprint density at radius 1 is 1.25 bits per heavy atom. The summed E-state index contributed by atoms with van der Waals surface area (Å²) in [5.41, 5.74) is 3.36. The van der Waals surface area contributed by atoms with E-state index in [4.69, 9.17) is 4.84 Å². The summed E-state index contributed by atoms with van der Waals surface area (Å²) >= 11 is 0. The summed E-state index contributed by atoms with van der Waals surface area (Å²) in [5, 5.41) is 25.6. The zero-order chi connectivity index (χ0) is 25.6. The fourth-order valence-electron chi connectivity index (χ4n) is 7.05. The quantitative estimate of drug-likeness (QED) is 0.547. The van der Waals surface area contributed by atoms with Crippen LogP contribution in [0.4, 0.5) is 0 Å². The number of amides is 1. The SMILES string of the molecule is CC1[C@@H](NC(=O)[C@@H]2[C@H]([C@H](C)O)C(CO)ON2Cc2cccc(-c3cccnc3)c2)C[C@H]2C[C@@H]1C2(C)C. The van der Waals surface area contributed by atoms with Crippen molar-refractivity contribution in [1.29, 1.82) is 0 Å². The zero-order valence-electron chi connectivity index (χ0n) is 21.7. The highest BCUT2D eigenvalue weighted by Crippen LogP contribution is 2.61. The summed E-state index contributed by atoms with van der Waals surface area (Å²) in [5.74, 6) is 0.996. The summed E-state index contributed by atoms with van der Waals surface area (Å²) < 4.78 is 0. The Balaban J connectivity index is 1.36. The number of aromatic nitrogens is 1. The highest BCUT2D eigenvalue weighted by atomic mass is 16.7. The van der Waals surface area contributed by atoms with E-state index < -0.39 is 24.2 Å². The van der Waals surface area contributed by atoms with Crippen molar-refractivity contribution in [3.8, 4) is 11.1 Å². The second kappa shape index (κ2) is 9.86. The minimum atomic E-state index is -0.805. The Bertz CT molecular complexity index is 1080. The number of hydrogen-bond acceptors (Lipinski definition) is 6. The number of hydroxylamine groups is 2. The third kappa shape index (κ3) is 4.47. The van der Waals surface area contributed by atoms with Gasteiger partial charge in [0.2, 0.25) is 5.91 Å². The van der Waals surface area contributed by atoms with E-state index in [1.54, 1.807) is 18.2 Å². The molecular weight excluding hydrogens is 454 g/mol. The summed E-state index contributed by atoms with van der Waals surface area (Å²) in [6, 6.07) is 11.4. The second-order valence-electron chi connectivity index (χ2n) is 11.7. The van der Waals surface area contributed by atoms with E-state index >= 15 is 0 Å². The first-order valence-electron chi connectivity index (χ1n) is 13.2. The molecule has 1 amide bonds. The topological polar surface area (TPSA) is 94.9 Å². The molecule has 7 heteroatoms. The lowest BCUT2D eigenvalue weighted by molar-refractivity contribution is -0.183. The van der Waals surface area contributed by atoms with Crippen LogP contribution in [-0.4, -0.2) is 57.1 Å². The maximum Gasteiger partial charge on any atom is 0.240 e. The second-order valence-corrected chi connectivity index (χ2v) is 11.7. The largest absolute Gasteiger partial charge is 0.394 e. The minimum Gasteiger partial charge on any atom is -0.394 e. The van der Waals surface area contributed by atoms with Crippen molar-refractivity contribution in [2.24, 2.45) is 29.1 Å². The van der Waals surface area contributed by atoms with Crippen molar-refractivity contribution in [1.82, 2.24) is 15.4 Å². The van der Waals surface area contributed by atoms with Gasteiger partial charge in [-0.3, -0.25) is 14.6 Å². The van der Waals surface area contributed by atoms with E-state index in [1.807, 2.05) is 36.5 Å². The number of aliphatic hydroxyl groups excluding tert-OH is 2. The van der Waals surface area contributed by atoms with Gasteiger partial charge in [-0.15, -0.1) is 0 Å². The van der Waals surface area contributed by atoms with Crippen LogP contribution in [0.3, 0.4) is 0 Å². The van der Waals surface area contributed by atoms with E-state index in [9.17, 15) is 15.0 Å². The molecule has 194 valence electrons. The number of nitrogens with one attached hydrogen (secondary N) is 1. The summed E-state index contributed by atoms with van der Waals surface area (Å²) in [7, 11) is 0. The van der Waals surface area contributed by atoms with E-state index in [-0.39, 0.29) is 18.6 Å². The lowest BCUT2D eigenvalue weighted by Crippen LogP contribution is -2.62. The van der Waals surface area contributed by atoms with Crippen molar-refractivity contribution in [3.63, 3.8) is 0 Å². The van der Waals surface area contributed by atoms with Gasteiger partial charge in [0.05, 0.1) is 19.3 Å². The molecule has 1 aliphatic heterocycles. The fraction of sp³-hybridized carbons (Fsp3) is 0.586. The average molecular weight is 494 g/mol. The predicted molar refractivity (Wildman–Crippen MR) is 137 cm³/mol. The number of aliphatic hydroxyl groups is 2. The number of rotatable bonds is 7. The number of fused-ring (bicyclic) bond motifs is 2. The van der Waals surface area contributed by atoms with E-state index in [1.165, 1.54) is 6.42 Å². The summed E-state index contributed by atoms with van der Waals surface area (Å²) in [6.45, 7) is 8.73. The van der Waals surface area contributed by atoms with Crippen LogP contribution in [0.25, 0.3) is 11.1 Å². The Morgan fingerprint density at radius 2 is 2.03 bits per heavy atom. The van der Waals surface area contributed by atoms with Gasteiger partial charge in [0, 0.05) is 24.4 Å². The van der Waals surface area contributed by atoms with Gasteiger partial charge in [0.25, 0.3) is 0 Å². The third-order valence-corrected chi connectivity index (χ3v) is 9.32. The van der Waals surface area contributed by atoms with Crippen LogP contribution < -0.4 is 5.32 Å². The normalized spacial score (nSPS) is 34.1. The highest BCUT2D eigenvalue weighted by Gasteiger charge is 2.57. The van der Waals surface area contributed by atoms with Crippen molar-refractivity contribution >= 4 is 5.91 Å². The molecule has 2 aromatic rings. The first-order chi connectivity index (χ1) is 17.2. The van der Waals surface area contributed by atoms with Crippen molar-refractivity contribution in [2.45, 2.75) is 71.4 Å². The molecule has 3 aliphatic carbocycles. The molecule has 7 nitrogen and oxygen atoms in total. The van der Waals surface area contributed by atoms with Crippen LogP contribution in [0, 0.1) is 29.1 Å². The van der Waals surface area contributed by atoms with Crippen LogP contribution >= 0.6 is 0 Å². The van der Waals surface area contributed by atoms with E-state index in [0.29, 0.717) is 29.7 Å². The van der Waals surface area contributed by atoms with Crippen LogP contribution in [0.5, 0.6) is 0 Å². The van der Waals surface area contributed by atoms with Crippen molar-refractivity contribution in [2.75, 3.05) is 6.61 Å². The van der Waals surface area contributed by atoms with Crippen LogP contribution in [0.15, 0.2) is 48.8 Å². The van der Waals surface area contributed by atoms with Crippen LogP contribution in [0.2, 0.25) is 0 Å². The van der Waals surface area contributed by atoms with Gasteiger partial charge in [-0.1, -0.05) is 45.0 Å². The van der Waals surface area contributed by atoms with Gasteiger partial charge in [0.1, 0.15) is 12.1 Å². The Kier molecular flexibility index (Phi) is 6.94. The first-order valence-corrected chi connectivity index (χ1v) is 13.2. The summed E-state index contributed by atoms with van der Waals surface area (Å²) in [4.78, 5) is 24.1. The fourth-order valence-corrected chi connectivity index (χ4v) is 7.05. The van der Waals surface area contributed by atoms with Gasteiger partial charge < -0.3 is 15.5 Å². The van der Waals surface area contributed by atoms with Crippen LogP contribution in [-0.2, 0) is 16.2 Å². The number of benzene rings is 1. The number of hydrogen-bond donors (Lipinski definition) is 3. The lowest BCUT2D eigenvalue weighted by atomic mass is 9.45. The predicted octanol–water partition coefficient (Wildman–Crippen LogP) is 3.41. The van der Waals surface area contributed by atoms with Gasteiger partial charge in [0.15, 0.2) is 0 Å². The molecule has 4 fully saturated rings. The van der Waals surface area contributed by atoms with Gasteiger partial charge >= 0.3 is 0 Å². The Hall–Kier alpha value is -2.32. The Labute approximate surface area is 213 Å². The molecule has 2 heterocycles. The van der Waals surface area contributed by atoms with E-state index in [2.05, 4.69) is 37.1 Å². The molecule has 1 saturated heterocycles.